The van der Waals surface area contributed by atoms with Gasteiger partial charge in [0.1, 0.15) is 5.82 Å². The maximum Gasteiger partial charge on any atom is 0.225 e. The quantitative estimate of drug-likeness (QED) is 0.865. The molecule has 1 aromatic rings. The minimum atomic E-state index is -0.292. The predicted octanol–water partition coefficient (Wildman–Crippen LogP) is 2.85. The van der Waals surface area contributed by atoms with Crippen LogP contribution in [0.2, 0.25) is 0 Å². The van der Waals surface area contributed by atoms with Gasteiger partial charge in [-0.1, -0.05) is 0 Å². The Balaban J connectivity index is 2.45. The van der Waals surface area contributed by atoms with E-state index >= 15 is 0 Å². The van der Waals surface area contributed by atoms with Crippen molar-refractivity contribution in [3.05, 3.63) is 29.6 Å². The molecule has 0 atom stereocenters. The SMILES string of the molecule is Cc1cc(F)ccc1NC(=O)CCNC(C)(C)C. The van der Waals surface area contributed by atoms with Crippen molar-refractivity contribution in [1.29, 1.82) is 0 Å². The Kier molecular flexibility index (Phi) is 4.84. The standard InChI is InChI=1S/C14H21FN2O/c1-10-9-11(15)5-6-12(10)17-13(18)7-8-16-14(2,3)4/h5-6,9,16H,7-8H2,1-4H3,(H,17,18). The van der Waals surface area contributed by atoms with Crippen LogP contribution < -0.4 is 10.6 Å². The number of nitrogens with one attached hydrogen (secondary N) is 2. The van der Waals surface area contributed by atoms with Crippen molar-refractivity contribution in [1.82, 2.24) is 5.32 Å². The molecule has 0 saturated heterocycles. The Labute approximate surface area is 108 Å². The van der Waals surface area contributed by atoms with E-state index in [0.717, 1.165) is 5.56 Å². The van der Waals surface area contributed by atoms with Crippen LogP contribution in [-0.4, -0.2) is 18.0 Å². The number of benzene rings is 1. The Hall–Kier alpha value is -1.42. The number of rotatable bonds is 4. The van der Waals surface area contributed by atoms with E-state index in [1.165, 1.54) is 12.1 Å². The van der Waals surface area contributed by atoms with Gasteiger partial charge in [0.15, 0.2) is 0 Å². The highest BCUT2D eigenvalue weighted by molar-refractivity contribution is 5.91. The summed E-state index contributed by atoms with van der Waals surface area (Å²) in [4.78, 5) is 11.7. The Morgan fingerprint density at radius 2 is 2.00 bits per heavy atom. The van der Waals surface area contributed by atoms with E-state index in [1.807, 2.05) is 0 Å². The summed E-state index contributed by atoms with van der Waals surface area (Å²) >= 11 is 0. The summed E-state index contributed by atoms with van der Waals surface area (Å²) in [6, 6.07) is 4.33. The average Bonchev–Trinajstić information content (AvgIpc) is 2.20. The number of hydrogen-bond donors (Lipinski definition) is 2. The van der Waals surface area contributed by atoms with Gasteiger partial charge in [-0.2, -0.15) is 0 Å². The van der Waals surface area contributed by atoms with Crippen molar-refractivity contribution in [2.45, 2.75) is 39.7 Å². The molecule has 2 N–H and O–H groups in total. The van der Waals surface area contributed by atoms with Crippen molar-refractivity contribution in [2.75, 3.05) is 11.9 Å². The minimum absolute atomic E-state index is 0.00602. The van der Waals surface area contributed by atoms with Gasteiger partial charge in [0, 0.05) is 24.2 Å². The fourth-order valence-corrected chi connectivity index (χ4v) is 1.53. The summed E-state index contributed by atoms with van der Waals surface area (Å²) in [5, 5.41) is 6.02. The van der Waals surface area contributed by atoms with Crippen LogP contribution in [0, 0.1) is 12.7 Å². The van der Waals surface area contributed by atoms with Crippen LogP contribution in [0.5, 0.6) is 0 Å². The van der Waals surface area contributed by atoms with E-state index in [2.05, 4.69) is 31.4 Å². The van der Waals surface area contributed by atoms with Gasteiger partial charge >= 0.3 is 0 Å². The fourth-order valence-electron chi connectivity index (χ4n) is 1.53. The molecule has 1 aromatic carbocycles. The first-order valence-electron chi connectivity index (χ1n) is 6.09. The Morgan fingerprint density at radius 3 is 2.56 bits per heavy atom. The van der Waals surface area contributed by atoms with E-state index < -0.39 is 0 Å². The van der Waals surface area contributed by atoms with Gasteiger partial charge in [-0.15, -0.1) is 0 Å². The van der Waals surface area contributed by atoms with Crippen LogP contribution in [0.15, 0.2) is 18.2 Å². The van der Waals surface area contributed by atoms with Crippen LogP contribution >= 0.6 is 0 Å². The largest absolute Gasteiger partial charge is 0.326 e. The van der Waals surface area contributed by atoms with Crippen molar-refractivity contribution >= 4 is 11.6 Å². The zero-order valence-electron chi connectivity index (χ0n) is 11.4. The smallest absolute Gasteiger partial charge is 0.225 e. The van der Waals surface area contributed by atoms with Crippen molar-refractivity contribution in [3.8, 4) is 0 Å². The van der Waals surface area contributed by atoms with Gasteiger partial charge in [-0.25, -0.2) is 4.39 Å². The first-order chi connectivity index (χ1) is 8.28. The zero-order valence-corrected chi connectivity index (χ0v) is 11.4. The van der Waals surface area contributed by atoms with Crippen LogP contribution in [0.4, 0.5) is 10.1 Å². The predicted molar refractivity (Wildman–Crippen MR) is 72.1 cm³/mol. The van der Waals surface area contributed by atoms with Gasteiger partial charge in [0.05, 0.1) is 0 Å². The summed E-state index contributed by atoms with van der Waals surface area (Å²) in [6.07, 6.45) is 0.397. The molecule has 0 aromatic heterocycles. The minimum Gasteiger partial charge on any atom is -0.326 e. The van der Waals surface area contributed by atoms with E-state index in [1.54, 1.807) is 13.0 Å². The number of hydrogen-bond acceptors (Lipinski definition) is 2. The summed E-state index contributed by atoms with van der Waals surface area (Å²) in [6.45, 7) is 8.54. The molecule has 1 rings (SSSR count). The third-order valence-corrected chi connectivity index (χ3v) is 2.47. The van der Waals surface area contributed by atoms with Gasteiger partial charge < -0.3 is 10.6 Å². The average molecular weight is 252 g/mol. The molecule has 0 aliphatic carbocycles. The first kappa shape index (κ1) is 14.6. The molecule has 18 heavy (non-hydrogen) atoms. The highest BCUT2D eigenvalue weighted by Gasteiger charge is 2.10. The summed E-state index contributed by atoms with van der Waals surface area (Å²) in [5.41, 5.74) is 1.40. The molecule has 0 unspecified atom stereocenters. The second-order valence-corrected chi connectivity index (χ2v) is 5.43. The highest BCUT2D eigenvalue weighted by Crippen LogP contribution is 2.15. The molecular weight excluding hydrogens is 231 g/mol. The lowest BCUT2D eigenvalue weighted by atomic mass is 10.1. The van der Waals surface area contributed by atoms with Gasteiger partial charge in [-0.05, 0) is 51.5 Å². The maximum atomic E-state index is 12.9. The molecule has 0 heterocycles. The molecule has 0 aliphatic rings. The molecule has 0 spiro atoms. The lowest BCUT2D eigenvalue weighted by molar-refractivity contribution is -0.116. The van der Waals surface area contributed by atoms with Crippen molar-refractivity contribution < 1.29 is 9.18 Å². The highest BCUT2D eigenvalue weighted by atomic mass is 19.1. The molecular formula is C14H21FN2O. The number of anilines is 1. The van der Waals surface area contributed by atoms with Crippen molar-refractivity contribution in [3.63, 3.8) is 0 Å². The number of aryl methyl sites for hydroxylation is 1. The number of carbonyl (C=O) groups is 1. The number of carbonyl (C=O) groups excluding carboxylic acids is 1. The lowest BCUT2D eigenvalue weighted by Gasteiger charge is -2.20. The Bertz CT molecular complexity index is 424. The molecule has 0 fully saturated rings. The van der Waals surface area contributed by atoms with Crippen LogP contribution in [0.3, 0.4) is 0 Å². The lowest BCUT2D eigenvalue weighted by Crippen LogP contribution is -2.37. The third-order valence-electron chi connectivity index (χ3n) is 2.47. The molecule has 0 aliphatic heterocycles. The van der Waals surface area contributed by atoms with Crippen LogP contribution in [0.1, 0.15) is 32.8 Å². The number of halogens is 1. The summed E-state index contributed by atoms with van der Waals surface area (Å²) < 4.78 is 12.9. The molecule has 4 heteroatoms. The molecule has 0 saturated carbocycles. The van der Waals surface area contributed by atoms with Gasteiger partial charge in [-0.3, -0.25) is 4.79 Å². The second-order valence-electron chi connectivity index (χ2n) is 5.43. The molecule has 1 amide bonds. The topological polar surface area (TPSA) is 41.1 Å². The van der Waals surface area contributed by atoms with E-state index in [0.29, 0.717) is 18.7 Å². The normalized spacial score (nSPS) is 11.4. The van der Waals surface area contributed by atoms with E-state index in [-0.39, 0.29) is 17.3 Å². The third kappa shape index (κ3) is 5.27. The summed E-state index contributed by atoms with van der Waals surface area (Å²) in [5.74, 6) is -0.360. The van der Waals surface area contributed by atoms with Gasteiger partial charge in [0.2, 0.25) is 5.91 Å². The van der Waals surface area contributed by atoms with Crippen LogP contribution in [0.25, 0.3) is 0 Å². The fraction of sp³-hybridized carbons (Fsp3) is 0.500. The first-order valence-corrected chi connectivity index (χ1v) is 6.09. The monoisotopic (exact) mass is 252 g/mol. The number of amides is 1. The summed E-state index contributed by atoms with van der Waals surface area (Å²) in [7, 11) is 0. The van der Waals surface area contributed by atoms with Crippen molar-refractivity contribution in [2.24, 2.45) is 0 Å². The Morgan fingerprint density at radius 1 is 1.33 bits per heavy atom. The van der Waals surface area contributed by atoms with E-state index in [4.69, 9.17) is 0 Å². The molecule has 100 valence electrons. The van der Waals surface area contributed by atoms with Gasteiger partial charge in [0.25, 0.3) is 0 Å². The van der Waals surface area contributed by atoms with Crippen LogP contribution in [-0.2, 0) is 4.79 Å². The molecule has 0 radical (unpaired) electrons. The molecule has 3 nitrogen and oxygen atoms in total. The maximum absolute atomic E-state index is 12.9. The zero-order chi connectivity index (χ0) is 13.8. The second kappa shape index (κ2) is 5.96. The van der Waals surface area contributed by atoms with E-state index in [9.17, 15) is 9.18 Å². The molecule has 0 bridgehead atoms.